The highest BCUT2D eigenvalue weighted by atomic mass is 32.1. The summed E-state index contributed by atoms with van der Waals surface area (Å²) in [4.78, 5) is 5.69. The van der Waals surface area contributed by atoms with E-state index >= 15 is 0 Å². The molecule has 0 bridgehead atoms. The topological polar surface area (TPSA) is 24.9 Å². The number of hydrogen-bond donors (Lipinski definition) is 1. The molecule has 0 aliphatic heterocycles. The Morgan fingerprint density at radius 3 is 2.88 bits per heavy atom. The zero-order valence-electron chi connectivity index (χ0n) is 10.2. The fourth-order valence-electron chi connectivity index (χ4n) is 2.43. The number of hydrogen-bond acceptors (Lipinski definition) is 3. The first kappa shape index (κ1) is 12.1. The van der Waals surface area contributed by atoms with Crippen molar-refractivity contribution in [2.24, 2.45) is 5.92 Å². The van der Waals surface area contributed by atoms with Gasteiger partial charge in [0.05, 0.1) is 5.01 Å². The Balaban J connectivity index is 1.57. The molecule has 1 aliphatic carbocycles. The van der Waals surface area contributed by atoms with Crippen LogP contribution >= 0.6 is 11.3 Å². The van der Waals surface area contributed by atoms with Gasteiger partial charge in [-0.15, -0.1) is 11.3 Å². The quantitative estimate of drug-likeness (QED) is 0.797. The first-order valence-electron chi connectivity index (χ1n) is 6.46. The van der Waals surface area contributed by atoms with Crippen LogP contribution in [0.1, 0.15) is 42.0 Å². The summed E-state index contributed by atoms with van der Waals surface area (Å²) in [5.74, 6) is 0.942. The van der Waals surface area contributed by atoms with E-state index in [4.69, 9.17) is 0 Å². The van der Waals surface area contributed by atoms with E-state index in [0.717, 1.165) is 18.9 Å². The molecule has 16 heavy (non-hydrogen) atoms. The van der Waals surface area contributed by atoms with Crippen LogP contribution < -0.4 is 5.32 Å². The molecule has 0 spiro atoms. The van der Waals surface area contributed by atoms with Crippen molar-refractivity contribution in [2.45, 2.75) is 45.4 Å². The van der Waals surface area contributed by atoms with Crippen LogP contribution in [0.3, 0.4) is 0 Å². The van der Waals surface area contributed by atoms with E-state index in [9.17, 15) is 0 Å². The maximum atomic E-state index is 4.28. The predicted molar refractivity (Wildman–Crippen MR) is 70.0 cm³/mol. The third-order valence-electron chi connectivity index (χ3n) is 3.38. The van der Waals surface area contributed by atoms with Crippen LogP contribution in [0, 0.1) is 12.8 Å². The molecule has 0 aromatic carbocycles. The third kappa shape index (κ3) is 3.87. The number of rotatable bonds is 5. The molecule has 2 rings (SSSR count). The number of aromatic nitrogens is 1. The van der Waals surface area contributed by atoms with E-state index < -0.39 is 0 Å². The molecule has 0 atom stereocenters. The van der Waals surface area contributed by atoms with E-state index in [-0.39, 0.29) is 0 Å². The molecule has 1 aromatic heterocycles. The van der Waals surface area contributed by atoms with Crippen molar-refractivity contribution in [1.29, 1.82) is 0 Å². The predicted octanol–water partition coefficient (Wildman–Crippen LogP) is 3.16. The SMILES string of the molecule is Cc1ncc(CCNCC2CCCCC2)s1. The van der Waals surface area contributed by atoms with Crippen LogP contribution in [-0.2, 0) is 6.42 Å². The van der Waals surface area contributed by atoms with Crippen molar-refractivity contribution in [3.63, 3.8) is 0 Å². The smallest absolute Gasteiger partial charge is 0.0896 e. The summed E-state index contributed by atoms with van der Waals surface area (Å²) in [6, 6.07) is 0. The van der Waals surface area contributed by atoms with Gasteiger partial charge in [-0.25, -0.2) is 4.98 Å². The lowest BCUT2D eigenvalue weighted by Gasteiger charge is -2.21. The van der Waals surface area contributed by atoms with Crippen molar-refractivity contribution in [1.82, 2.24) is 10.3 Å². The van der Waals surface area contributed by atoms with Gasteiger partial charge in [0.15, 0.2) is 0 Å². The lowest BCUT2D eigenvalue weighted by atomic mass is 9.89. The van der Waals surface area contributed by atoms with Gasteiger partial charge in [0.2, 0.25) is 0 Å². The Hall–Kier alpha value is -0.410. The first-order chi connectivity index (χ1) is 7.84. The van der Waals surface area contributed by atoms with E-state index in [1.54, 1.807) is 0 Å². The minimum atomic E-state index is 0.942. The molecule has 1 saturated carbocycles. The van der Waals surface area contributed by atoms with Gasteiger partial charge in [0.25, 0.3) is 0 Å². The summed E-state index contributed by atoms with van der Waals surface area (Å²) < 4.78 is 0. The van der Waals surface area contributed by atoms with E-state index in [1.165, 1.54) is 48.5 Å². The molecule has 90 valence electrons. The van der Waals surface area contributed by atoms with Crippen LogP contribution in [0.4, 0.5) is 0 Å². The fraction of sp³-hybridized carbons (Fsp3) is 0.769. The van der Waals surface area contributed by atoms with Crippen LogP contribution in [0.15, 0.2) is 6.20 Å². The van der Waals surface area contributed by atoms with Crippen LogP contribution in [-0.4, -0.2) is 18.1 Å². The Morgan fingerprint density at radius 1 is 1.38 bits per heavy atom. The Bertz CT molecular complexity index is 303. The summed E-state index contributed by atoms with van der Waals surface area (Å²) in [5.41, 5.74) is 0. The second-order valence-corrected chi connectivity index (χ2v) is 6.12. The minimum Gasteiger partial charge on any atom is -0.316 e. The van der Waals surface area contributed by atoms with Crippen LogP contribution in [0.5, 0.6) is 0 Å². The molecule has 1 heterocycles. The van der Waals surface area contributed by atoms with Gasteiger partial charge in [-0.05, 0) is 38.6 Å². The van der Waals surface area contributed by atoms with Gasteiger partial charge in [0.1, 0.15) is 0 Å². The molecule has 0 radical (unpaired) electrons. The molecule has 1 aromatic rings. The van der Waals surface area contributed by atoms with Gasteiger partial charge < -0.3 is 5.32 Å². The van der Waals surface area contributed by atoms with Gasteiger partial charge in [-0.1, -0.05) is 19.3 Å². The highest BCUT2D eigenvalue weighted by Gasteiger charge is 2.12. The maximum absolute atomic E-state index is 4.28. The zero-order chi connectivity index (χ0) is 11.2. The summed E-state index contributed by atoms with van der Waals surface area (Å²) >= 11 is 1.82. The first-order valence-corrected chi connectivity index (χ1v) is 7.28. The van der Waals surface area contributed by atoms with Gasteiger partial charge in [0, 0.05) is 17.6 Å². The van der Waals surface area contributed by atoms with E-state index in [2.05, 4.69) is 17.2 Å². The standard InChI is InChI=1S/C13H22N2S/c1-11-15-10-13(16-11)7-8-14-9-12-5-3-2-4-6-12/h10,12,14H,2-9H2,1H3. The van der Waals surface area contributed by atoms with Crippen molar-refractivity contribution in [2.75, 3.05) is 13.1 Å². The average molecular weight is 238 g/mol. The third-order valence-corrected chi connectivity index (χ3v) is 4.35. The highest BCUT2D eigenvalue weighted by molar-refractivity contribution is 7.11. The number of aryl methyl sites for hydroxylation is 1. The second kappa shape index (κ2) is 6.36. The van der Waals surface area contributed by atoms with Crippen molar-refractivity contribution >= 4 is 11.3 Å². The van der Waals surface area contributed by atoms with Crippen molar-refractivity contribution in [3.8, 4) is 0 Å². The van der Waals surface area contributed by atoms with E-state index in [0.29, 0.717) is 0 Å². The molecule has 1 N–H and O–H groups in total. The van der Waals surface area contributed by atoms with Crippen LogP contribution in [0.25, 0.3) is 0 Å². The fourth-order valence-corrected chi connectivity index (χ4v) is 3.22. The summed E-state index contributed by atoms with van der Waals surface area (Å²) in [6.07, 6.45) is 10.4. The van der Waals surface area contributed by atoms with Gasteiger partial charge >= 0.3 is 0 Å². The zero-order valence-corrected chi connectivity index (χ0v) is 11.0. The molecule has 0 amide bonds. The number of thiazole rings is 1. The Morgan fingerprint density at radius 2 is 2.19 bits per heavy atom. The molecule has 1 fully saturated rings. The Kier molecular flexibility index (Phi) is 4.79. The number of nitrogens with zero attached hydrogens (tertiary/aromatic N) is 1. The summed E-state index contributed by atoms with van der Waals surface area (Å²) in [5, 5.41) is 4.77. The monoisotopic (exact) mass is 238 g/mol. The van der Waals surface area contributed by atoms with Crippen molar-refractivity contribution in [3.05, 3.63) is 16.1 Å². The largest absolute Gasteiger partial charge is 0.316 e. The normalized spacial score (nSPS) is 17.8. The highest BCUT2D eigenvalue weighted by Crippen LogP contribution is 2.22. The average Bonchev–Trinajstić information content (AvgIpc) is 2.72. The lowest BCUT2D eigenvalue weighted by molar-refractivity contribution is 0.343. The summed E-state index contributed by atoms with van der Waals surface area (Å²) in [7, 11) is 0. The molecular formula is C13H22N2S. The molecule has 1 aliphatic rings. The lowest BCUT2D eigenvalue weighted by Crippen LogP contribution is -2.26. The van der Waals surface area contributed by atoms with Gasteiger partial charge in [-0.2, -0.15) is 0 Å². The molecule has 0 saturated heterocycles. The Labute approximate surface area is 102 Å². The van der Waals surface area contributed by atoms with E-state index in [1.807, 2.05) is 17.5 Å². The maximum Gasteiger partial charge on any atom is 0.0896 e. The molecule has 3 heteroatoms. The minimum absolute atomic E-state index is 0.942. The number of nitrogens with one attached hydrogen (secondary N) is 1. The van der Waals surface area contributed by atoms with Crippen molar-refractivity contribution < 1.29 is 0 Å². The second-order valence-electron chi connectivity index (χ2n) is 4.80. The molecular weight excluding hydrogens is 216 g/mol. The molecule has 0 unspecified atom stereocenters. The van der Waals surface area contributed by atoms with Gasteiger partial charge in [-0.3, -0.25) is 0 Å². The summed E-state index contributed by atoms with van der Waals surface area (Å²) in [6.45, 7) is 4.40. The van der Waals surface area contributed by atoms with Crippen LogP contribution in [0.2, 0.25) is 0 Å². The molecule has 2 nitrogen and oxygen atoms in total.